The van der Waals surface area contributed by atoms with Crippen molar-refractivity contribution in [2.75, 3.05) is 0 Å². The summed E-state index contributed by atoms with van der Waals surface area (Å²) >= 11 is 0. The monoisotopic (exact) mass is 885 g/mol. The third kappa shape index (κ3) is 6.57. The summed E-state index contributed by atoms with van der Waals surface area (Å²) in [7, 11) is 0. The van der Waals surface area contributed by atoms with Crippen molar-refractivity contribution in [1.82, 2.24) is 9.13 Å². The summed E-state index contributed by atoms with van der Waals surface area (Å²) in [4.78, 5) is 0. The summed E-state index contributed by atoms with van der Waals surface area (Å²) < 4.78 is 66.0. The van der Waals surface area contributed by atoms with Crippen molar-refractivity contribution in [3.8, 4) is 73.1 Å². The lowest BCUT2D eigenvalue weighted by Crippen LogP contribution is -2.06. The fourth-order valence-corrected chi connectivity index (χ4v) is 9.81. The molecule has 0 aliphatic rings. The molecule has 0 saturated heterocycles. The first-order chi connectivity index (χ1) is 33.3. The average Bonchev–Trinajstić information content (AvgIpc) is 3.90. The van der Waals surface area contributed by atoms with Crippen LogP contribution in [0.4, 0.5) is 17.6 Å². The van der Waals surface area contributed by atoms with E-state index in [0.717, 1.165) is 88.1 Å². The molecule has 2 aromatic heterocycles. The Labute approximate surface area is 388 Å². The van der Waals surface area contributed by atoms with Gasteiger partial charge in [0.15, 0.2) is 23.3 Å². The minimum atomic E-state index is -1.93. The molecule has 0 saturated carbocycles. The molecule has 0 N–H and O–H groups in total. The predicted octanol–water partition coefficient (Wildman–Crippen LogP) is 16.6. The first-order valence-corrected chi connectivity index (χ1v) is 22.1. The van der Waals surface area contributed by atoms with Crippen LogP contribution in [0.5, 0.6) is 0 Å². The fraction of sp³-hybridized carbons (Fsp3) is 0. The van der Waals surface area contributed by atoms with Crippen molar-refractivity contribution in [3.63, 3.8) is 0 Å². The third-order valence-corrected chi connectivity index (χ3v) is 13.1. The van der Waals surface area contributed by atoms with E-state index < -0.39 is 28.8 Å². The van der Waals surface area contributed by atoms with Gasteiger partial charge in [-0.1, -0.05) is 170 Å². The van der Waals surface area contributed by atoms with Crippen molar-refractivity contribution in [3.05, 3.63) is 241 Å². The van der Waals surface area contributed by atoms with Crippen molar-refractivity contribution in [1.29, 1.82) is 5.26 Å². The molecule has 2 heterocycles. The van der Waals surface area contributed by atoms with E-state index in [1.54, 1.807) is 12.1 Å². The van der Waals surface area contributed by atoms with Crippen LogP contribution in [-0.2, 0) is 0 Å². The number of nitrogens with zero attached hydrogens (tertiary/aromatic N) is 3. The van der Waals surface area contributed by atoms with Crippen molar-refractivity contribution >= 4 is 43.6 Å². The maximum Gasteiger partial charge on any atom is 0.198 e. The van der Waals surface area contributed by atoms with Crippen LogP contribution in [0.15, 0.2) is 212 Å². The van der Waals surface area contributed by atoms with E-state index in [4.69, 9.17) is 0 Å². The van der Waals surface area contributed by atoms with Gasteiger partial charge in [-0.3, -0.25) is 0 Å². The lowest BCUT2D eigenvalue weighted by Gasteiger charge is -2.19. The highest BCUT2D eigenvalue weighted by molar-refractivity contribution is 6.13. The highest BCUT2D eigenvalue weighted by Crippen LogP contribution is 2.44. The van der Waals surface area contributed by atoms with Crippen LogP contribution in [-0.4, -0.2) is 9.13 Å². The van der Waals surface area contributed by atoms with Crippen molar-refractivity contribution in [2.45, 2.75) is 0 Å². The Balaban J connectivity index is 1.25. The van der Waals surface area contributed by atoms with Crippen molar-refractivity contribution < 1.29 is 17.6 Å². The van der Waals surface area contributed by atoms with Gasteiger partial charge in [-0.25, -0.2) is 17.6 Å². The number of rotatable bonds is 7. The van der Waals surface area contributed by atoms with Gasteiger partial charge < -0.3 is 9.13 Å². The van der Waals surface area contributed by atoms with Gasteiger partial charge in [0.05, 0.1) is 33.4 Å². The number of fused-ring (bicyclic) bond motifs is 6. The molecule has 12 rings (SSSR count). The highest BCUT2D eigenvalue weighted by atomic mass is 19.2. The van der Waals surface area contributed by atoms with Crippen LogP contribution >= 0.6 is 0 Å². The quantitative estimate of drug-likeness (QED) is 0.0892. The molecular weight excluding hydrogens is 851 g/mol. The molecule has 0 unspecified atom stereocenters. The maximum atomic E-state index is 16.4. The van der Waals surface area contributed by atoms with Gasteiger partial charge in [-0.05, 0) is 92.5 Å². The molecule has 0 fully saturated rings. The minimum absolute atomic E-state index is 0.0335. The lowest BCUT2D eigenvalue weighted by molar-refractivity contribution is 0.411. The number of nitriles is 1. The number of halogens is 4. The van der Waals surface area contributed by atoms with Gasteiger partial charge in [0.25, 0.3) is 0 Å². The zero-order chi connectivity index (χ0) is 46.0. The van der Waals surface area contributed by atoms with E-state index in [0.29, 0.717) is 17.4 Å². The minimum Gasteiger partial charge on any atom is -0.308 e. The van der Waals surface area contributed by atoms with E-state index in [-0.39, 0.29) is 11.1 Å². The highest BCUT2D eigenvalue weighted by Gasteiger charge is 2.27. The second kappa shape index (κ2) is 16.2. The molecule has 3 nitrogen and oxygen atoms in total. The lowest BCUT2D eigenvalue weighted by atomic mass is 9.98. The molecule has 0 spiro atoms. The largest absolute Gasteiger partial charge is 0.308 e. The molecule has 10 aromatic carbocycles. The van der Waals surface area contributed by atoms with Gasteiger partial charge in [0.2, 0.25) is 0 Å². The average molecular weight is 886 g/mol. The Bertz CT molecular complexity index is 3590. The zero-order valence-electron chi connectivity index (χ0n) is 36.1. The summed E-state index contributed by atoms with van der Waals surface area (Å²) in [6, 6.07) is 70.9. The van der Waals surface area contributed by atoms with E-state index in [2.05, 4.69) is 78.9 Å². The summed E-state index contributed by atoms with van der Waals surface area (Å²) in [6.45, 7) is 0. The van der Waals surface area contributed by atoms with Crippen LogP contribution in [0.2, 0.25) is 0 Å². The predicted molar refractivity (Wildman–Crippen MR) is 267 cm³/mol. The van der Waals surface area contributed by atoms with Gasteiger partial charge in [0.1, 0.15) is 11.6 Å². The Morgan fingerprint density at radius 1 is 0.309 bits per heavy atom. The molecule has 0 radical (unpaired) electrons. The molecule has 0 amide bonds. The number of hydrogen-bond acceptors (Lipinski definition) is 1. The van der Waals surface area contributed by atoms with Gasteiger partial charge >= 0.3 is 0 Å². The molecule has 0 atom stereocenters. The molecule has 68 heavy (non-hydrogen) atoms. The molecule has 0 aliphatic carbocycles. The van der Waals surface area contributed by atoms with Gasteiger partial charge in [0, 0.05) is 27.1 Å². The fourth-order valence-electron chi connectivity index (χ4n) is 9.81. The Morgan fingerprint density at radius 3 is 0.941 bits per heavy atom. The summed E-state index contributed by atoms with van der Waals surface area (Å²) in [5.41, 5.74) is 10.9. The maximum absolute atomic E-state index is 16.4. The van der Waals surface area contributed by atoms with E-state index in [9.17, 15) is 9.65 Å². The molecule has 12 aromatic rings. The first kappa shape index (κ1) is 40.5. The SMILES string of the molecule is N#Cc1c(-n2c3cc(-c4ccccc4)ccc3c3ccc(-c4ccccc4)cc32)cc(-c2cc(F)c(F)c(F)c2F)cc1-n1c2cc(-c3ccccc3)ccc2c2ccc(-c3ccccc3)cc21. The van der Waals surface area contributed by atoms with E-state index >= 15 is 13.2 Å². The van der Waals surface area contributed by atoms with E-state index in [1.165, 1.54) is 0 Å². The smallest absolute Gasteiger partial charge is 0.198 e. The molecule has 0 aliphatic heterocycles. The van der Waals surface area contributed by atoms with Crippen LogP contribution in [0.25, 0.3) is 111 Å². The summed E-state index contributed by atoms with van der Waals surface area (Å²) in [6.07, 6.45) is 0. The van der Waals surface area contributed by atoms with Gasteiger partial charge in [-0.15, -0.1) is 0 Å². The Hall–Kier alpha value is -8.99. The Kier molecular flexibility index (Phi) is 9.63. The van der Waals surface area contributed by atoms with Crippen LogP contribution in [0.3, 0.4) is 0 Å². The van der Waals surface area contributed by atoms with Crippen LogP contribution in [0, 0.1) is 34.6 Å². The number of benzene rings is 10. The molecule has 0 bridgehead atoms. The zero-order valence-corrected chi connectivity index (χ0v) is 36.1. The summed E-state index contributed by atoms with van der Waals surface area (Å²) in [5, 5.41) is 15.3. The van der Waals surface area contributed by atoms with E-state index in [1.807, 2.05) is 130 Å². The first-order valence-electron chi connectivity index (χ1n) is 22.1. The van der Waals surface area contributed by atoms with Crippen LogP contribution < -0.4 is 0 Å². The molecular formula is C61H35F4N3. The molecule has 7 heteroatoms. The van der Waals surface area contributed by atoms with Gasteiger partial charge in [-0.2, -0.15) is 5.26 Å². The second-order valence-electron chi connectivity index (χ2n) is 16.9. The number of aromatic nitrogens is 2. The van der Waals surface area contributed by atoms with Crippen molar-refractivity contribution in [2.24, 2.45) is 0 Å². The standard InChI is InChI=1S/C61H35F4N3/c62-52-35-50(59(63)61(65)60(52)64)45-33-57(67-53-29-41(37-13-5-1-6-14-37)21-25-46(53)47-26-22-42(30-54(47)67)38-15-7-2-8-16-38)51(36-66)58(34-45)68-55-31-43(39-17-9-3-10-18-39)23-27-48(55)49-28-24-44(32-56(49)68)40-19-11-4-12-20-40/h1-35H. The number of hydrogen-bond donors (Lipinski definition) is 0. The summed E-state index contributed by atoms with van der Waals surface area (Å²) in [5.74, 6) is -6.93. The Morgan fingerprint density at radius 2 is 0.632 bits per heavy atom. The third-order valence-electron chi connectivity index (χ3n) is 13.1. The molecule has 322 valence electrons. The van der Waals surface area contributed by atoms with Crippen LogP contribution in [0.1, 0.15) is 5.56 Å². The second-order valence-corrected chi connectivity index (χ2v) is 16.9. The normalized spacial score (nSPS) is 11.5. The topological polar surface area (TPSA) is 33.6 Å².